The Hall–Kier alpha value is -1.71. The van der Waals surface area contributed by atoms with E-state index in [0.29, 0.717) is 6.04 Å². The van der Waals surface area contributed by atoms with Crippen molar-refractivity contribution in [2.45, 2.75) is 25.8 Å². The molecule has 1 aliphatic rings. The van der Waals surface area contributed by atoms with Crippen molar-refractivity contribution in [2.24, 2.45) is 0 Å². The van der Waals surface area contributed by atoms with E-state index in [1.54, 1.807) is 0 Å². The van der Waals surface area contributed by atoms with Crippen molar-refractivity contribution in [1.29, 1.82) is 0 Å². The second kappa shape index (κ2) is 8.06. The van der Waals surface area contributed by atoms with Crippen LogP contribution in [0.15, 0.2) is 48.5 Å². The first-order valence-electron chi connectivity index (χ1n) is 7.50. The first kappa shape index (κ1) is 16.7. The Morgan fingerprint density at radius 2 is 1.55 bits per heavy atom. The van der Waals surface area contributed by atoms with Crippen LogP contribution in [0.5, 0.6) is 17.2 Å². The highest BCUT2D eigenvalue weighted by molar-refractivity contribution is 5.85. The van der Waals surface area contributed by atoms with E-state index in [2.05, 4.69) is 12.2 Å². The van der Waals surface area contributed by atoms with Gasteiger partial charge in [-0.2, -0.15) is 0 Å². The number of ether oxygens (including phenoxy) is 2. The lowest BCUT2D eigenvalue weighted by atomic mass is 10.2. The molecule has 1 saturated heterocycles. The summed E-state index contributed by atoms with van der Waals surface area (Å²) in [5.41, 5.74) is 1.23. The smallest absolute Gasteiger partial charge is 0.127 e. The summed E-state index contributed by atoms with van der Waals surface area (Å²) in [4.78, 5) is 0. The number of rotatable bonds is 5. The molecule has 4 heteroatoms. The highest BCUT2D eigenvalue weighted by Gasteiger charge is 2.14. The lowest BCUT2D eigenvalue weighted by Gasteiger charge is -2.12. The average molecular weight is 320 g/mol. The Labute approximate surface area is 138 Å². The van der Waals surface area contributed by atoms with Crippen LogP contribution in [0.4, 0.5) is 0 Å². The molecule has 1 heterocycles. The fourth-order valence-corrected chi connectivity index (χ4v) is 2.44. The lowest BCUT2D eigenvalue weighted by Crippen LogP contribution is -2.28. The van der Waals surface area contributed by atoms with Crippen molar-refractivity contribution in [1.82, 2.24) is 5.32 Å². The van der Waals surface area contributed by atoms with Crippen molar-refractivity contribution in [3.63, 3.8) is 0 Å². The van der Waals surface area contributed by atoms with E-state index >= 15 is 0 Å². The topological polar surface area (TPSA) is 30.5 Å². The monoisotopic (exact) mass is 319 g/mol. The van der Waals surface area contributed by atoms with E-state index < -0.39 is 0 Å². The van der Waals surface area contributed by atoms with E-state index in [9.17, 15) is 0 Å². The molecule has 2 aromatic carbocycles. The summed E-state index contributed by atoms with van der Waals surface area (Å²) in [6.45, 7) is 3.91. The van der Waals surface area contributed by atoms with Gasteiger partial charge in [-0.3, -0.25) is 0 Å². The van der Waals surface area contributed by atoms with Crippen LogP contribution >= 0.6 is 12.4 Å². The maximum Gasteiger partial charge on any atom is 0.127 e. The summed E-state index contributed by atoms with van der Waals surface area (Å²) in [7, 11) is 0. The van der Waals surface area contributed by atoms with E-state index in [1.807, 2.05) is 48.5 Å². The van der Waals surface area contributed by atoms with Crippen molar-refractivity contribution in [3.05, 3.63) is 54.1 Å². The van der Waals surface area contributed by atoms with Crippen molar-refractivity contribution in [2.75, 3.05) is 13.2 Å². The highest BCUT2D eigenvalue weighted by Crippen LogP contribution is 2.24. The van der Waals surface area contributed by atoms with Crippen LogP contribution < -0.4 is 14.8 Å². The fraction of sp³-hybridized carbons (Fsp3) is 0.333. The zero-order chi connectivity index (χ0) is 14.5. The molecule has 0 aromatic heterocycles. The summed E-state index contributed by atoms with van der Waals surface area (Å²) in [6, 6.07) is 16.3. The zero-order valence-corrected chi connectivity index (χ0v) is 13.6. The molecule has 1 unspecified atom stereocenters. The van der Waals surface area contributed by atoms with E-state index in [4.69, 9.17) is 9.47 Å². The largest absolute Gasteiger partial charge is 0.492 e. The van der Waals surface area contributed by atoms with Gasteiger partial charge in [0.15, 0.2) is 0 Å². The van der Waals surface area contributed by atoms with Crippen LogP contribution in [-0.4, -0.2) is 19.2 Å². The zero-order valence-electron chi connectivity index (χ0n) is 12.7. The van der Waals surface area contributed by atoms with E-state index in [1.165, 1.54) is 18.4 Å². The third-order valence-corrected chi connectivity index (χ3v) is 3.69. The first-order chi connectivity index (χ1) is 10.3. The highest BCUT2D eigenvalue weighted by atomic mass is 35.5. The van der Waals surface area contributed by atoms with Crippen LogP contribution in [0.2, 0.25) is 0 Å². The number of hydrogen-bond acceptors (Lipinski definition) is 3. The molecule has 3 nitrogen and oxygen atoms in total. The number of halogens is 1. The molecule has 3 rings (SSSR count). The summed E-state index contributed by atoms with van der Waals surface area (Å²) in [5, 5.41) is 3.43. The SMILES string of the molecule is Cc1ccc(Oc2ccc(OCC3CCCN3)cc2)cc1.Cl. The van der Waals surface area contributed by atoms with Gasteiger partial charge in [-0.05, 0) is 62.7 Å². The third-order valence-electron chi connectivity index (χ3n) is 3.69. The summed E-state index contributed by atoms with van der Waals surface area (Å²) in [5.74, 6) is 2.56. The van der Waals surface area contributed by atoms with Gasteiger partial charge in [-0.15, -0.1) is 12.4 Å². The molecule has 0 spiro atoms. The Bertz CT molecular complexity index is 563. The molecule has 0 bridgehead atoms. The predicted molar refractivity (Wildman–Crippen MR) is 91.5 cm³/mol. The van der Waals surface area contributed by atoms with Crippen molar-refractivity contribution < 1.29 is 9.47 Å². The van der Waals surface area contributed by atoms with Gasteiger partial charge in [0.25, 0.3) is 0 Å². The summed E-state index contributed by atoms with van der Waals surface area (Å²) < 4.78 is 11.6. The van der Waals surface area contributed by atoms with Crippen molar-refractivity contribution >= 4 is 12.4 Å². The van der Waals surface area contributed by atoms with Crippen LogP contribution in [-0.2, 0) is 0 Å². The van der Waals surface area contributed by atoms with Crippen LogP contribution in [0.1, 0.15) is 18.4 Å². The standard InChI is InChI=1S/C18H21NO2.ClH/c1-14-4-6-17(7-5-14)21-18-10-8-16(9-11-18)20-13-15-3-2-12-19-15;/h4-11,15,19H,2-3,12-13H2,1H3;1H. The molecule has 1 aliphatic heterocycles. The van der Waals surface area contributed by atoms with Crippen LogP contribution in [0, 0.1) is 6.92 Å². The normalized spacial score (nSPS) is 16.9. The molecule has 2 aromatic rings. The van der Waals surface area contributed by atoms with Crippen molar-refractivity contribution in [3.8, 4) is 17.2 Å². The molecular formula is C18H22ClNO2. The second-order valence-corrected chi connectivity index (χ2v) is 5.49. The molecule has 0 aliphatic carbocycles. The summed E-state index contributed by atoms with van der Waals surface area (Å²) >= 11 is 0. The van der Waals surface area contributed by atoms with E-state index in [0.717, 1.165) is 30.4 Å². The molecule has 1 N–H and O–H groups in total. The fourth-order valence-electron chi connectivity index (χ4n) is 2.44. The Morgan fingerprint density at radius 3 is 2.14 bits per heavy atom. The quantitative estimate of drug-likeness (QED) is 0.889. The lowest BCUT2D eigenvalue weighted by molar-refractivity contribution is 0.277. The minimum atomic E-state index is 0. The number of aryl methyl sites for hydroxylation is 1. The molecule has 118 valence electrons. The van der Waals surface area contributed by atoms with Gasteiger partial charge in [0, 0.05) is 6.04 Å². The number of nitrogens with one attached hydrogen (secondary N) is 1. The average Bonchev–Trinajstić information content (AvgIpc) is 3.02. The van der Waals surface area contributed by atoms with Gasteiger partial charge in [-0.1, -0.05) is 17.7 Å². The molecule has 1 fully saturated rings. The van der Waals surface area contributed by atoms with Gasteiger partial charge < -0.3 is 14.8 Å². The molecular weight excluding hydrogens is 298 g/mol. The van der Waals surface area contributed by atoms with Gasteiger partial charge in [0.2, 0.25) is 0 Å². The minimum absolute atomic E-state index is 0. The maximum atomic E-state index is 5.80. The first-order valence-corrected chi connectivity index (χ1v) is 7.50. The second-order valence-electron chi connectivity index (χ2n) is 5.49. The predicted octanol–water partition coefficient (Wildman–Crippen LogP) is 4.34. The van der Waals surface area contributed by atoms with E-state index in [-0.39, 0.29) is 12.4 Å². The Balaban J connectivity index is 0.00000176. The maximum absolute atomic E-state index is 5.80. The Kier molecular flexibility index (Phi) is 6.10. The minimum Gasteiger partial charge on any atom is -0.492 e. The molecule has 0 saturated carbocycles. The number of hydrogen-bond donors (Lipinski definition) is 1. The number of benzene rings is 2. The summed E-state index contributed by atoms with van der Waals surface area (Å²) in [6.07, 6.45) is 2.45. The van der Waals surface area contributed by atoms with Gasteiger partial charge in [-0.25, -0.2) is 0 Å². The van der Waals surface area contributed by atoms with Crippen LogP contribution in [0.25, 0.3) is 0 Å². The Morgan fingerprint density at radius 1 is 0.955 bits per heavy atom. The molecule has 22 heavy (non-hydrogen) atoms. The van der Waals surface area contributed by atoms with Gasteiger partial charge >= 0.3 is 0 Å². The third kappa shape index (κ3) is 4.65. The van der Waals surface area contributed by atoms with Gasteiger partial charge in [0.05, 0.1) is 0 Å². The van der Waals surface area contributed by atoms with Gasteiger partial charge in [0.1, 0.15) is 23.9 Å². The molecule has 1 atom stereocenters. The van der Waals surface area contributed by atoms with Crippen LogP contribution in [0.3, 0.4) is 0 Å². The molecule has 0 radical (unpaired) electrons. The molecule has 0 amide bonds.